The van der Waals surface area contributed by atoms with Crippen molar-refractivity contribution in [3.63, 3.8) is 0 Å². The van der Waals surface area contributed by atoms with Crippen LogP contribution >= 0.6 is 11.6 Å². The Bertz CT molecular complexity index is 715. The minimum atomic E-state index is -0.334. The maximum Gasteiger partial charge on any atom is 0.337 e. The number of anilines is 1. The molecular formula is C16H14ClNO3. The number of fused-ring (bicyclic) bond motifs is 1. The molecule has 1 heterocycles. The van der Waals surface area contributed by atoms with Gasteiger partial charge < -0.3 is 14.7 Å². The van der Waals surface area contributed by atoms with Crippen LogP contribution in [-0.2, 0) is 17.8 Å². The zero-order valence-corrected chi connectivity index (χ0v) is 12.2. The van der Waals surface area contributed by atoms with Crippen molar-refractivity contribution in [3.05, 3.63) is 58.1 Å². The smallest absolute Gasteiger partial charge is 0.337 e. The van der Waals surface area contributed by atoms with Crippen molar-refractivity contribution in [2.45, 2.75) is 13.1 Å². The largest absolute Gasteiger partial charge is 0.508 e. The van der Waals surface area contributed by atoms with Crippen LogP contribution < -0.4 is 4.90 Å². The third-order valence-electron chi connectivity index (χ3n) is 3.62. The molecule has 0 atom stereocenters. The fourth-order valence-electron chi connectivity index (χ4n) is 2.56. The van der Waals surface area contributed by atoms with Crippen molar-refractivity contribution in [3.8, 4) is 5.75 Å². The standard InChI is InChI=1S/C16H14ClNO3/c1-21-16(20)10-2-3-11-8-18(9-12(11)6-10)15-5-4-13(19)7-14(15)17/h2-7,19H,8-9H2,1H3. The van der Waals surface area contributed by atoms with Gasteiger partial charge in [-0.1, -0.05) is 17.7 Å². The minimum absolute atomic E-state index is 0.147. The van der Waals surface area contributed by atoms with E-state index in [2.05, 4.69) is 4.90 Å². The Morgan fingerprint density at radius 1 is 1.19 bits per heavy atom. The van der Waals surface area contributed by atoms with Crippen LogP contribution in [-0.4, -0.2) is 18.2 Å². The van der Waals surface area contributed by atoms with Crippen LogP contribution in [0.1, 0.15) is 21.5 Å². The van der Waals surface area contributed by atoms with Crippen molar-refractivity contribution in [1.82, 2.24) is 0 Å². The second-order valence-electron chi connectivity index (χ2n) is 4.97. The van der Waals surface area contributed by atoms with Gasteiger partial charge in [0.05, 0.1) is 23.4 Å². The van der Waals surface area contributed by atoms with Crippen LogP contribution in [0.15, 0.2) is 36.4 Å². The van der Waals surface area contributed by atoms with E-state index >= 15 is 0 Å². The van der Waals surface area contributed by atoms with E-state index in [0.717, 1.165) is 23.4 Å². The Balaban J connectivity index is 1.89. The van der Waals surface area contributed by atoms with Gasteiger partial charge in [-0.25, -0.2) is 4.79 Å². The number of methoxy groups -OCH3 is 1. The van der Waals surface area contributed by atoms with Gasteiger partial charge in [0.2, 0.25) is 0 Å². The topological polar surface area (TPSA) is 49.8 Å². The number of nitrogens with zero attached hydrogens (tertiary/aromatic N) is 1. The Kier molecular flexibility index (Phi) is 3.47. The SMILES string of the molecule is COC(=O)c1ccc2c(c1)CN(c1ccc(O)cc1Cl)C2. The van der Waals surface area contributed by atoms with E-state index in [9.17, 15) is 9.90 Å². The van der Waals surface area contributed by atoms with E-state index in [1.165, 1.54) is 13.2 Å². The highest BCUT2D eigenvalue weighted by Crippen LogP contribution is 2.35. The second kappa shape index (κ2) is 5.30. The molecule has 0 saturated carbocycles. The first kappa shape index (κ1) is 13.8. The third kappa shape index (κ3) is 2.54. The molecule has 0 radical (unpaired) electrons. The summed E-state index contributed by atoms with van der Waals surface area (Å²) in [5, 5.41) is 9.93. The van der Waals surface area contributed by atoms with Crippen LogP contribution in [0.4, 0.5) is 5.69 Å². The summed E-state index contributed by atoms with van der Waals surface area (Å²) in [7, 11) is 1.37. The lowest BCUT2D eigenvalue weighted by Gasteiger charge is -2.19. The molecule has 0 spiro atoms. The highest BCUT2D eigenvalue weighted by Gasteiger charge is 2.22. The molecular weight excluding hydrogens is 290 g/mol. The fourth-order valence-corrected chi connectivity index (χ4v) is 2.86. The molecule has 108 valence electrons. The number of hydrogen-bond donors (Lipinski definition) is 1. The van der Waals surface area contributed by atoms with Crippen LogP contribution in [0.25, 0.3) is 0 Å². The minimum Gasteiger partial charge on any atom is -0.508 e. The lowest BCUT2D eigenvalue weighted by atomic mass is 10.1. The Hall–Kier alpha value is -2.20. The quantitative estimate of drug-likeness (QED) is 0.864. The first-order chi connectivity index (χ1) is 10.1. The number of hydrogen-bond acceptors (Lipinski definition) is 4. The van der Waals surface area contributed by atoms with E-state index in [1.54, 1.807) is 18.2 Å². The first-order valence-electron chi connectivity index (χ1n) is 6.52. The highest BCUT2D eigenvalue weighted by molar-refractivity contribution is 6.33. The number of halogens is 1. The highest BCUT2D eigenvalue weighted by atomic mass is 35.5. The average Bonchev–Trinajstić information content (AvgIpc) is 2.88. The summed E-state index contributed by atoms with van der Waals surface area (Å²) < 4.78 is 4.74. The lowest BCUT2D eigenvalue weighted by Crippen LogP contribution is -2.14. The van der Waals surface area contributed by atoms with Crippen molar-refractivity contribution in [2.24, 2.45) is 0 Å². The van der Waals surface area contributed by atoms with Crippen molar-refractivity contribution in [2.75, 3.05) is 12.0 Å². The molecule has 0 fully saturated rings. The Morgan fingerprint density at radius 3 is 2.67 bits per heavy atom. The van der Waals surface area contributed by atoms with Gasteiger partial charge in [-0.05, 0) is 35.4 Å². The van der Waals surface area contributed by atoms with Gasteiger partial charge in [-0.15, -0.1) is 0 Å². The van der Waals surface area contributed by atoms with Crippen LogP contribution in [0.5, 0.6) is 5.75 Å². The number of aromatic hydroxyl groups is 1. The summed E-state index contributed by atoms with van der Waals surface area (Å²) in [6, 6.07) is 10.5. The van der Waals surface area contributed by atoms with Crippen molar-refractivity contribution in [1.29, 1.82) is 0 Å². The zero-order chi connectivity index (χ0) is 15.0. The number of phenols is 1. The Morgan fingerprint density at radius 2 is 1.95 bits per heavy atom. The van der Waals surface area contributed by atoms with E-state index in [0.29, 0.717) is 17.1 Å². The van der Waals surface area contributed by atoms with E-state index < -0.39 is 0 Å². The molecule has 0 amide bonds. The molecule has 21 heavy (non-hydrogen) atoms. The molecule has 0 aliphatic carbocycles. The number of benzene rings is 2. The van der Waals surface area contributed by atoms with Gasteiger partial charge in [-0.2, -0.15) is 0 Å². The van der Waals surface area contributed by atoms with E-state index in [1.807, 2.05) is 12.1 Å². The predicted molar refractivity (Wildman–Crippen MR) is 80.8 cm³/mol. The molecule has 5 heteroatoms. The molecule has 1 N–H and O–H groups in total. The van der Waals surface area contributed by atoms with Crippen molar-refractivity contribution >= 4 is 23.3 Å². The first-order valence-corrected chi connectivity index (χ1v) is 6.90. The number of rotatable bonds is 2. The average molecular weight is 304 g/mol. The summed E-state index contributed by atoms with van der Waals surface area (Å²) >= 11 is 6.18. The summed E-state index contributed by atoms with van der Waals surface area (Å²) in [6.07, 6.45) is 0. The summed E-state index contributed by atoms with van der Waals surface area (Å²) in [5.74, 6) is -0.188. The number of ether oxygens (including phenoxy) is 1. The molecule has 2 aromatic rings. The maximum absolute atomic E-state index is 11.6. The lowest BCUT2D eigenvalue weighted by molar-refractivity contribution is 0.0600. The monoisotopic (exact) mass is 303 g/mol. The van der Waals surface area contributed by atoms with Crippen molar-refractivity contribution < 1.29 is 14.6 Å². The molecule has 2 aromatic carbocycles. The van der Waals surface area contributed by atoms with E-state index in [4.69, 9.17) is 16.3 Å². The molecule has 4 nitrogen and oxygen atoms in total. The number of phenolic OH excluding ortho intramolecular Hbond substituents is 1. The predicted octanol–water partition coefficient (Wildman–Crippen LogP) is 3.35. The molecule has 0 bridgehead atoms. The van der Waals surface area contributed by atoms with Gasteiger partial charge in [0.15, 0.2) is 0 Å². The Labute approximate surface area is 127 Å². The normalized spacial score (nSPS) is 13.1. The summed E-state index contributed by atoms with van der Waals surface area (Å²) in [4.78, 5) is 13.7. The maximum atomic E-state index is 11.6. The molecule has 0 unspecified atom stereocenters. The fraction of sp³-hybridized carbons (Fsp3) is 0.188. The molecule has 1 aliphatic heterocycles. The van der Waals surface area contributed by atoms with Crippen LogP contribution in [0.2, 0.25) is 5.02 Å². The van der Waals surface area contributed by atoms with Crippen LogP contribution in [0.3, 0.4) is 0 Å². The van der Waals surface area contributed by atoms with Gasteiger partial charge in [0, 0.05) is 19.2 Å². The number of esters is 1. The molecule has 3 rings (SSSR count). The zero-order valence-electron chi connectivity index (χ0n) is 11.5. The van der Waals surface area contributed by atoms with E-state index in [-0.39, 0.29) is 11.7 Å². The molecule has 0 aromatic heterocycles. The number of carbonyl (C=O) groups is 1. The molecule has 0 saturated heterocycles. The van der Waals surface area contributed by atoms with Gasteiger partial charge in [0.25, 0.3) is 0 Å². The van der Waals surface area contributed by atoms with Gasteiger partial charge in [-0.3, -0.25) is 0 Å². The number of carbonyl (C=O) groups excluding carboxylic acids is 1. The van der Waals surface area contributed by atoms with Gasteiger partial charge in [0.1, 0.15) is 5.75 Å². The summed E-state index contributed by atoms with van der Waals surface area (Å²) in [6.45, 7) is 1.39. The van der Waals surface area contributed by atoms with Gasteiger partial charge >= 0.3 is 5.97 Å². The molecule has 1 aliphatic rings. The second-order valence-corrected chi connectivity index (χ2v) is 5.37. The third-order valence-corrected chi connectivity index (χ3v) is 3.92. The summed E-state index contributed by atoms with van der Waals surface area (Å²) in [5.41, 5.74) is 3.66. The van der Waals surface area contributed by atoms with Crippen LogP contribution in [0, 0.1) is 0 Å².